The fourth-order valence-electron chi connectivity index (χ4n) is 2.46. The van der Waals surface area contributed by atoms with Gasteiger partial charge in [0.2, 0.25) is 15.9 Å². The van der Waals surface area contributed by atoms with E-state index in [1.54, 1.807) is 17.0 Å². The molecule has 1 aliphatic rings. The van der Waals surface area contributed by atoms with E-state index in [2.05, 4.69) is 4.72 Å². The average Bonchev–Trinajstić information content (AvgIpc) is 2.45. The number of hydrogen-bond donors (Lipinski definition) is 1. The normalized spacial score (nSPS) is 14.3. The first-order valence-electron chi connectivity index (χ1n) is 7.31. The van der Waals surface area contributed by atoms with Gasteiger partial charge < -0.3 is 9.80 Å². The van der Waals surface area contributed by atoms with Gasteiger partial charge in [-0.25, -0.2) is 13.1 Å². The molecule has 0 aromatic heterocycles. The Labute approximate surface area is 144 Å². The van der Waals surface area contributed by atoms with Gasteiger partial charge in [-0.05, 0) is 43.8 Å². The summed E-state index contributed by atoms with van der Waals surface area (Å²) >= 11 is 0. The molecule has 1 heterocycles. The van der Waals surface area contributed by atoms with Crippen LogP contribution in [0.1, 0.15) is 18.1 Å². The predicted octanol–water partition coefficient (Wildman–Crippen LogP) is 0.853. The molecule has 6 nitrogen and oxygen atoms in total. The number of benzene rings is 1. The van der Waals surface area contributed by atoms with Crippen LogP contribution in [0.5, 0.6) is 0 Å². The third kappa shape index (κ3) is 5.17. The van der Waals surface area contributed by atoms with Gasteiger partial charge in [0.1, 0.15) is 0 Å². The lowest BCUT2D eigenvalue weighted by molar-refractivity contribution is -0.129. The summed E-state index contributed by atoms with van der Waals surface area (Å²) in [7, 11) is 0.278. The number of nitrogens with zero attached hydrogens (tertiary/aromatic N) is 2. The van der Waals surface area contributed by atoms with Crippen LogP contribution in [0.25, 0.3) is 0 Å². The highest BCUT2D eigenvalue weighted by atomic mass is 35.5. The fourth-order valence-corrected chi connectivity index (χ4v) is 3.53. The number of halogens is 1. The summed E-state index contributed by atoms with van der Waals surface area (Å²) in [5.74, 6) is 0.0167. The standard InChI is InChI=1S/C15H23N3O3S.ClH/c1-12(19)18-8-6-13-4-5-15(10-14(13)11-18)22(20,21)16-7-9-17(2)3;/h4-5,10,16H,6-9,11H2,1-3H3;1H. The largest absolute Gasteiger partial charge is 0.338 e. The molecule has 0 aliphatic carbocycles. The molecule has 1 amide bonds. The minimum Gasteiger partial charge on any atom is -0.338 e. The molecule has 0 radical (unpaired) electrons. The van der Waals surface area contributed by atoms with Gasteiger partial charge in [-0.15, -0.1) is 12.4 Å². The van der Waals surface area contributed by atoms with Crippen molar-refractivity contribution in [3.8, 4) is 0 Å². The van der Waals surface area contributed by atoms with E-state index in [9.17, 15) is 13.2 Å². The van der Waals surface area contributed by atoms with Crippen LogP contribution in [0.3, 0.4) is 0 Å². The maximum atomic E-state index is 12.3. The molecular formula is C15H24ClN3O3S. The highest BCUT2D eigenvalue weighted by molar-refractivity contribution is 7.89. The first-order chi connectivity index (χ1) is 10.3. The van der Waals surface area contributed by atoms with Crippen LogP contribution in [-0.2, 0) is 27.8 Å². The van der Waals surface area contributed by atoms with E-state index in [-0.39, 0.29) is 23.2 Å². The van der Waals surface area contributed by atoms with Gasteiger partial charge in [-0.2, -0.15) is 0 Å². The Morgan fingerprint density at radius 1 is 1.30 bits per heavy atom. The zero-order valence-corrected chi connectivity index (χ0v) is 15.3. The van der Waals surface area contributed by atoms with Crippen molar-refractivity contribution in [3.63, 3.8) is 0 Å². The Hall–Kier alpha value is -1.15. The number of rotatable bonds is 5. The smallest absolute Gasteiger partial charge is 0.240 e. The van der Waals surface area contributed by atoms with Gasteiger partial charge in [0.15, 0.2) is 0 Å². The van der Waals surface area contributed by atoms with Gasteiger partial charge >= 0.3 is 0 Å². The number of carbonyl (C=O) groups excluding carboxylic acids is 1. The van der Waals surface area contributed by atoms with Gasteiger partial charge in [0.05, 0.1) is 4.90 Å². The Kier molecular flexibility index (Phi) is 7.01. The first-order valence-corrected chi connectivity index (χ1v) is 8.79. The van der Waals surface area contributed by atoms with Crippen LogP contribution < -0.4 is 4.72 Å². The predicted molar refractivity (Wildman–Crippen MR) is 92.2 cm³/mol. The third-order valence-corrected chi connectivity index (χ3v) is 5.26. The minimum atomic E-state index is -3.51. The summed E-state index contributed by atoms with van der Waals surface area (Å²) in [4.78, 5) is 15.4. The summed E-state index contributed by atoms with van der Waals surface area (Å²) in [6, 6.07) is 5.18. The highest BCUT2D eigenvalue weighted by Gasteiger charge is 2.21. The number of likely N-dealkylation sites (N-methyl/N-ethyl adjacent to an activating group) is 1. The van der Waals surface area contributed by atoms with Crippen LogP contribution in [0.15, 0.2) is 23.1 Å². The topological polar surface area (TPSA) is 69.7 Å². The molecule has 1 N–H and O–H groups in total. The Balaban J connectivity index is 0.00000264. The Bertz CT molecular complexity index is 662. The SMILES string of the molecule is CC(=O)N1CCc2ccc(S(=O)(=O)NCCN(C)C)cc2C1.Cl. The first kappa shape index (κ1) is 19.9. The molecule has 8 heteroatoms. The van der Waals surface area contributed by atoms with Crippen molar-refractivity contribution in [2.45, 2.75) is 24.8 Å². The van der Waals surface area contributed by atoms with E-state index in [4.69, 9.17) is 0 Å². The van der Waals surface area contributed by atoms with Crippen molar-refractivity contribution < 1.29 is 13.2 Å². The van der Waals surface area contributed by atoms with Crippen LogP contribution in [-0.4, -0.2) is 57.9 Å². The lowest BCUT2D eigenvalue weighted by Gasteiger charge is -2.28. The van der Waals surface area contributed by atoms with Crippen molar-refractivity contribution in [2.24, 2.45) is 0 Å². The van der Waals surface area contributed by atoms with Crippen molar-refractivity contribution in [3.05, 3.63) is 29.3 Å². The van der Waals surface area contributed by atoms with E-state index in [1.807, 2.05) is 25.1 Å². The molecule has 0 fully saturated rings. The summed E-state index contributed by atoms with van der Waals surface area (Å²) in [5, 5.41) is 0. The molecular weight excluding hydrogens is 338 g/mol. The number of fused-ring (bicyclic) bond motifs is 1. The number of carbonyl (C=O) groups is 1. The molecule has 130 valence electrons. The fraction of sp³-hybridized carbons (Fsp3) is 0.533. The van der Waals surface area contributed by atoms with E-state index in [0.717, 1.165) is 17.5 Å². The summed E-state index contributed by atoms with van der Waals surface area (Å²) in [5.41, 5.74) is 2.03. The van der Waals surface area contributed by atoms with Gasteiger partial charge in [-0.1, -0.05) is 6.07 Å². The number of sulfonamides is 1. The molecule has 1 aromatic carbocycles. The zero-order chi connectivity index (χ0) is 16.3. The lowest BCUT2D eigenvalue weighted by atomic mass is 10.00. The molecule has 0 unspecified atom stereocenters. The van der Waals surface area contributed by atoms with Gasteiger partial charge in [-0.3, -0.25) is 4.79 Å². The molecule has 1 aliphatic heterocycles. The molecule has 2 rings (SSSR count). The number of amides is 1. The number of hydrogen-bond acceptors (Lipinski definition) is 4. The molecule has 0 spiro atoms. The van der Waals surface area contributed by atoms with E-state index in [1.165, 1.54) is 6.92 Å². The maximum Gasteiger partial charge on any atom is 0.240 e. The Morgan fingerprint density at radius 2 is 2.00 bits per heavy atom. The third-order valence-electron chi connectivity index (χ3n) is 3.80. The van der Waals surface area contributed by atoms with Crippen LogP contribution in [0, 0.1) is 0 Å². The molecule has 0 saturated carbocycles. The quantitative estimate of drug-likeness (QED) is 0.844. The molecule has 1 aromatic rings. The lowest BCUT2D eigenvalue weighted by Crippen LogP contribution is -2.35. The molecule has 23 heavy (non-hydrogen) atoms. The summed E-state index contributed by atoms with van der Waals surface area (Å²) < 4.78 is 27.2. The van der Waals surface area contributed by atoms with Crippen molar-refractivity contribution in [1.82, 2.24) is 14.5 Å². The summed E-state index contributed by atoms with van der Waals surface area (Å²) in [6.07, 6.45) is 0.767. The minimum absolute atomic E-state index is 0. The Morgan fingerprint density at radius 3 is 2.61 bits per heavy atom. The maximum absolute atomic E-state index is 12.3. The van der Waals surface area contributed by atoms with E-state index in [0.29, 0.717) is 26.2 Å². The van der Waals surface area contributed by atoms with Crippen LogP contribution in [0.2, 0.25) is 0 Å². The van der Waals surface area contributed by atoms with Crippen LogP contribution in [0.4, 0.5) is 0 Å². The highest BCUT2D eigenvalue weighted by Crippen LogP contribution is 2.22. The molecule has 0 bridgehead atoms. The zero-order valence-electron chi connectivity index (χ0n) is 13.7. The molecule has 0 atom stereocenters. The van der Waals surface area contributed by atoms with Crippen LogP contribution >= 0.6 is 12.4 Å². The molecule has 0 saturated heterocycles. The summed E-state index contributed by atoms with van der Waals surface area (Å²) in [6.45, 7) is 3.71. The second kappa shape index (κ2) is 8.10. The van der Waals surface area contributed by atoms with E-state index >= 15 is 0 Å². The second-order valence-corrected chi connectivity index (χ2v) is 7.59. The van der Waals surface area contributed by atoms with Crippen molar-refractivity contribution >= 4 is 28.3 Å². The number of nitrogens with one attached hydrogen (secondary N) is 1. The van der Waals surface area contributed by atoms with Crippen molar-refractivity contribution in [1.29, 1.82) is 0 Å². The van der Waals surface area contributed by atoms with Crippen molar-refractivity contribution in [2.75, 3.05) is 33.7 Å². The van der Waals surface area contributed by atoms with Gasteiger partial charge in [0, 0.05) is 33.1 Å². The monoisotopic (exact) mass is 361 g/mol. The van der Waals surface area contributed by atoms with Gasteiger partial charge in [0.25, 0.3) is 0 Å². The second-order valence-electron chi connectivity index (χ2n) is 5.82. The average molecular weight is 362 g/mol. The van der Waals surface area contributed by atoms with E-state index < -0.39 is 10.0 Å².